The highest BCUT2D eigenvalue weighted by molar-refractivity contribution is 5.79. The molecule has 2 aromatic rings. The van der Waals surface area contributed by atoms with E-state index >= 15 is 0 Å². The van der Waals surface area contributed by atoms with Crippen LogP contribution in [0.3, 0.4) is 0 Å². The lowest BCUT2D eigenvalue weighted by Crippen LogP contribution is -2.46. The highest BCUT2D eigenvalue weighted by Crippen LogP contribution is 2.32. The summed E-state index contributed by atoms with van der Waals surface area (Å²) in [6.07, 6.45) is 3.82. The van der Waals surface area contributed by atoms with Crippen LogP contribution in [0.15, 0.2) is 22.7 Å². The van der Waals surface area contributed by atoms with Gasteiger partial charge in [-0.2, -0.15) is 0 Å². The Labute approximate surface area is 153 Å². The molecule has 0 spiro atoms. The number of carbonyl (C=O) groups is 1. The fourth-order valence-electron chi connectivity index (χ4n) is 3.70. The summed E-state index contributed by atoms with van der Waals surface area (Å²) in [5.74, 6) is 1.35. The Morgan fingerprint density at radius 3 is 2.92 bits per heavy atom. The molecular weight excluding hydrogens is 330 g/mol. The minimum Gasteiger partial charge on any atom is -0.368 e. The standard InChI is InChI=1S/C20H25N3O3/c1-3-17-19(13(2)22-26-17)16-9-5-8-15(21-16)18-12-23(10-11-25-18)20(24)14-6-4-7-14/h5,8-9,14,18H,3-4,6-7,10-12H2,1-2H3/t18-/m1/s1. The number of aryl methyl sites for hydroxylation is 2. The van der Waals surface area contributed by atoms with Crippen molar-refractivity contribution in [3.05, 3.63) is 35.3 Å². The van der Waals surface area contributed by atoms with Gasteiger partial charge in [0.05, 0.1) is 35.8 Å². The number of ether oxygens (including phenoxy) is 1. The van der Waals surface area contributed by atoms with Crippen LogP contribution in [-0.2, 0) is 16.0 Å². The topological polar surface area (TPSA) is 68.5 Å². The smallest absolute Gasteiger partial charge is 0.225 e. The zero-order valence-corrected chi connectivity index (χ0v) is 15.4. The Kier molecular flexibility index (Phi) is 4.76. The summed E-state index contributed by atoms with van der Waals surface area (Å²) < 4.78 is 11.3. The fraction of sp³-hybridized carbons (Fsp3) is 0.550. The van der Waals surface area contributed by atoms with Gasteiger partial charge in [-0.05, 0) is 31.9 Å². The summed E-state index contributed by atoms with van der Waals surface area (Å²) in [7, 11) is 0. The van der Waals surface area contributed by atoms with Crippen molar-refractivity contribution in [2.24, 2.45) is 5.92 Å². The molecule has 6 nitrogen and oxygen atoms in total. The Hall–Kier alpha value is -2.21. The molecule has 4 rings (SSSR count). The van der Waals surface area contributed by atoms with E-state index in [1.807, 2.05) is 36.9 Å². The molecule has 1 amide bonds. The summed E-state index contributed by atoms with van der Waals surface area (Å²) >= 11 is 0. The van der Waals surface area contributed by atoms with Gasteiger partial charge in [0, 0.05) is 18.9 Å². The van der Waals surface area contributed by atoms with Gasteiger partial charge in [-0.1, -0.05) is 24.6 Å². The van der Waals surface area contributed by atoms with E-state index in [1.165, 1.54) is 6.42 Å². The third-order valence-corrected chi connectivity index (χ3v) is 5.44. The Balaban J connectivity index is 1.56. The molecule has 1 saturated heterocycles. The van der Waals surface area contributed by atoms with Crippen molar-refractivity contribution in [2.75, 3.05) is 19.7 Å². The fourth-order valence-corrected chi connectivity index (χ4v) is 3.70. The van der Waals surface area contributed by atoms with E-state index in [2.05, 4.69) is 5.16 Å². The third-order valence-electron chi connectivity index (χ3n) is 5.44. The molecule has 2 fully saturated rings. The van der Waals surface area contributed by atoms with Crippen molar-refractivity contribution in [2.45, 2.75) is 45.6 Å². The van der Waals surface area contributed by atoms with E-state index in [4.69, 9.17) is 14.2 Å². The van der Waals surface area contributed by atoms with Gasteiger partial charge in [0.1, 0.15) is 11.9 Å². The van der Waals surface area contributed by atoms with Gasteiger partial charge >= 0.3 is 0 Å². The lowest BCUT2D eigenvalue weighted by Gasteiger charge is -2.37. The molecule has 1 atom stereocenters. The van der Waals surface area contributed by atoms with Crippen LogP contribution in [0.25, 0.3) is 11.3 Å². The lowest BCUT2D eigenvalue weighted by molar-refractivity contribution is -0.146. The summed E-state index contributed by atoms with van der Waals surface area (Å²) in [5.41, 5.74) is 3.52. The van der Waals surface area contributed by atoms with Gasteiger partial charge < -0.3 is 14.2 Å². The van der Waals surface area contributed by atoms with Gasteiger partial charge in [-0.3, -0.25) is 4.79 Å². The van der Waals surface area contributed by atoms with Gasteiger partial charge in [-0.15, -0.1) is 0 Å². The van der Waals surface area contributed by atoms with Gasteiger partial charge in [0.2, 0.25) is 5.91 Å². The Bertz CT molecular complexity index is 797. The molecule has 26 heavy (non-hydrogen) atoms. The first kappa shape index (κ1) is 17.2. The molecule has 0 N–H and O–H groups in total. The molecule has 1 saturated carbocycles. The monoisotopic (exact) mass is 355 g/mol. The first-order valence-electron chi connectivity index (χ1n) is 9.50. The highest BCUT2D eigenvalue weighted by atomic mass is 16.5. The highest BCUT2D eigenvalue weighted by Gasteiger charge is 2.33. The number of rotatable bonds is 4. The van der Waals surface area contributed by atoms with Gasteiger partial charge in [-0.25, -0.2) is 4.98 Å². The summed E-state index contributed by atoms with van der Waals surface area (Å²) in [5, 5.41) is 4.08. The van der Waals surface area contributed by atoms with E-state index < -0.39 is 0 Å². The second-order valence-electron chi connectivity index (χ2n) is 7.14. The van der Waals surface area contributed by atoms with Crippen LogP contribution in [0.1, 0.15) is 49.4 Å². The molecule has 0 bridgehead atoms. The van der Waals surface area contributed by atoms with Crippen LogP contribution in [0, 0.1) is 12.8 Å². The number of morpholine rings is 1. The second kappa shape index (κ2) is 7.19. The zero-order valence-electron chi connectivity index (χ0n) is 15.4. The van der Waals surface area contributed by atoms with Crippen molar-refractivity contribution in [3.8, 4) is 11.3 Å². The maximum Gasteiger partial charge on any atom is 0.225 e. The van der Waals surface area contributed by atoms with Crippen LogP contribution in [0.2, 0.25) is 0 Å². The predicted molar refractivity (Wildman–Crippen MR) is 96.5 cm³/mol. The molecule has 3 heterocycles. The molecule has 1 aliphatic heterocycles. The molecular formula is C20H25N3O3. The van der Waals surface area contributed by atoms with Crippen molar-refractivity contribution in [3.63, 3.8) is 0 Å². The number of aromatic nitrogens is 2. The number of nitrogens with zero attached hydrogens (tertiary/aromatic N) is 3. The normalized spacial score (nSPS) is 20.8. The van der Waals surface area contributed by atoms with E-state index in [1.54, 1.807) is 0 Å². The number of amides is 1. The van der Waals surface area contributed by atoms with Crippen molar-refractivity contribution >= 4 is 5.91 Å². The average Bonchev–Trinajstić information content (AvgIpc) is 3.01. The molecule has 1 aliphatic carbocycles. The molecule has 2 aliphatic rings. The first-order chi connectivity index (χ1) is 12.7. The molecule has 138 valence electrons. The number of pyridine rings is 1. The molecule has 0 radical (unpaired) electrons. The lowest BCUT2D eigenvalue weighted by atomic mass is 9.84. The number of hydrogen-bond donors (Lipinski definition) is 0. The van der Waals surface area contributed by atoms with Gasteiger partial charge in [0.15, 0.2) is 0 Å². The predicted octanol–water partition coefficient (Wildman–Crippen LogP) is 3.31. The Morgan fingerprint density at radius 1 is 1.35 bits per heavy atom. The van der Waals surface area contributed by atoms with Crippen LogP contribution in [0.4, 0.5) is 0 Å². The minimum absolute atomic E-state index is 0.182. The third kappa shape index (κ3) is 3.14. The van der Waals surface area contributed by atoms with Crippen LogP contribution >= 0.6 is 0 Å². The van der Waals surface area contributed by atoms with E-state index in [9.17, 15) is 4.79 Å². The zero-order chi connectivity index (χ0) is 18.1. The maximum atomic E-state index is 12.6. The average molecular weight is 355 g/mol. The number of hydrogen-bond acceptors (Lipinski definition) is 5. The SMILES string of the molecule is CCc1onc(C)c1-c1cccc([C@H]2CN(C(=O)C3CCC3)CCO2)n1. The largest absolute Gasteiger partial charge is 0.368 e. The number of carbonyl (C=O) groups excluding carboxylic acids is 1. The van der Waals surface area contributed by atoms with E-state index in [-0.39, 0.29) is 17.9 Å². The van der Waals surface area contributed by atoms with Gasteiger partial charge in [0.25, 0.3) is 0 Å². The molecule has 0 aromatic carbocycles. The van der Waals surface area contributed by atoms with Crippen molar-refractivity contribution in [1.82, 2.24) is 15.0 Å². The second-order valence-corrected chi connectivity index (χ2v) is 7.14. The van der Waals surface area contributed by atoms with Crippen molar-refractivity contribution < 1.29 is 14.1 Å². The maximum absolute atomic E-state index is 12.6. The molecule has 0 unspecified atom stereocenters. The molecule has 2 aromatic heterocycles. The van der Waals surface area contributed by atoms with E-state index in [0.29, 0.717) is 19.7 Å². The quantitative estimate of drug-likeness (QED) is 0.842. The van der Waals surface area contributed by atoms with Crippen molar-refractivity contribution in [1.29, 1.82) is 0 Å². The summed E-state index contributed by atoms with van der Waals surface area (Å²) in [6, 6.07) is 5.93. The molecule has 6 heteroatoms. The summed E-state index contributed by atoms with van der Waals surface area (Å²) in [4.78, 5) is 19.3. The summed E-state index contributed by atoms with van der Waals surface area (Å²) in [6.45, 7) is 5.79. The minimum atomic E-state index is -0.182. The van der Waals surface area contributed by atoms with Crippen LogP contribution in [-0.4, -0.2) is 40.6 Å². The Morgan fingerprint density at radius 2 is 2.19 bits per heavy atom. The van der Waals surface area contributed by atoms with Crippen LogP contribution < -0.4 is 0 Å². The van der Waals surface area contributed by atoms with Crippen LogP contribution in [0.5, 0.6) is 0 Å². The first-order valence-corrected chi connectivity index (χ1v) is 9.50. The van der Waals surface area contributed by atoms with E-state index in [0.717, 1.165) is 47.7 Å².